The summed E-state index contributed by atoms with van der Waals surface area (Å²) in [6, 6.07) is 0. The van der Waals surface area contributed by atoms with Gasteiger partial charge >= 0.3 is 0 Å². The van der Waals surface area contributed by atoms with E-state index in [9.17, 15) is 0 Å². The Balaban J connectivity index is 3.80. The Labute approximate surface area is 98.6 Å². The minimum Gasteiger partial charge on any atom is -0.393 e. The lowest BCUT2D eigenvalue weighted by Crippen LogP contribution is -2.34. The van der Waals surface area contributed by atoms with E-state index in [1.54, 1.807) is 0 Å². The Morgan fingerprint density at radius 1 is 1.47 bits per heavy atom. The summed E-state index contributed by atoms with van der Waals surface area (Å²) in [5.41, 5.74) is 5.58. The molecule has 0 aliphatic carbocycles. The number of rotatable bonds is 7. The highest BCUT2D eigenvalue weighted by Crippen LogP contribution is 2.20. The highest BCUT2D eigenvalue weighted by atomic mass is 32.1. The van der Waals surface area contributed by atoms with Crippen molar-refractivity contribution in [3.8, 4) is 0 Å². The summed E-state index contributed by atoms with van der Waals surface area (Å²) in [6.45, 7) is 7.81. The van der Waals surface area contributed by atoms with Crippen molar-refractivity contribution in [3.05, 3.63) is 0 Å². The van der Waals surface area contributed by atoms with Crippen LogP contribution in [0.25, 0.3) is 0 Å². The van der Waals surface area contributed by atoms with Crippen molar-refractivity contribution in [1.29, 1.82) is 0 Å². The second-order valence-corrected chi connectivity index (χ2v) is 5.38. The number of hydrogen-bond acceptors (Lipinski definition) is 3. The van der Waals surface area contributed by atoms with Crippen molar-refractivity contribution < 1.29 is 5.11 Å². The summed E-state index contributed by atoms with van der Waals surface area (Å²) >= 11 is 5.01. The van der Waals surface area contributed by atoms with Crippen LogP contribution in [0.5, 0.6) is 0 Å². The average molecular weight is 232 g/mol. The fourth-order valence-electron chi connectivity index (χ4n) is 1.11. The molecular weight excluding hydrogens is 208 g/mol. The first kappa shape index (κ1) is 14.8. The maximum atomic E-state index is 9.15. The Kier molecular flexibility index (Phi) is 6.32. The van der Waals surface area contributed by atoms with Gasteiger partial charge in [-0.05, 0) is 33.4 Å². The largest absolute Gasteiger partial charge is 0.393 e. The maximum Gasteiger partial charge on any atom is 0.0784 e. The van der Waals surface area contributed by atoms with E-state index in [0.29, 0.717) is 4.99 Å². The minimum atomic E-state index is -0.226. The SMILES string of the molecule is CC(O)CCN(C)CCC(C)(C)C(N)=S. The summed E-state index contributed by atoms with van der Waals surface area (Å²) in [5.74, 6) is 0. The van der Waals surface area contributed by atoms with E-state index in [1.807, 2.05) is 6.92 Å². The van der Waals surface area contributed by atoms with Crippen LogP contribution in [0, 0.1) is 5.41 Å². The molecule has 0 spiro atoms. The average Bonchev–Trinajstić information content (AvgIpc) is 2.11. The summed E-state index contributed by atoms with van der Waals surface area (Å²) in [5, 5.41) is 9.15. The van der Waals surface area contributed by atoms with Gasteiger partial charge in [0.15, 0.2) is 0 Å². The first-order valence-electron chi connectivity index (χ1n) is 5.42. The van der Waals surface area contributed by atoms with Crippen LogP contribution >= 0.6 is 12.2 Å². The van der Waals surface area contributed by atoms with Crippen LogP contribution < -0.4 is 5.73 Å². The molecule has 0 radical (unpaired) electrons. The molecule has 0 aromatic heterocycles. The molecule has 3 N–H and O–H groups in total. The Morgan fingerprint density at radius 2 is 2.00 bits per heavy atom. The van der Waals surface area contributed by atoms with Crippen molar-refractivity contribution in [3.63, 3.8) is 0 Å². The third-order valence-corrected chi connectivity index (χ3v) is 3.27. The van der Waals surface area contributed by atoms with Gasteiger partial charge in [0.25, 0.3) is 0 Å². The topological polar surface area (TPSA) is 49.5 Å². The van der Waals surface area contributed by atoms with E-state index in [0.717, 1.165) is 25.9 Å². The molecule has 0 bridgehead atoms. The standard InChI is InChI=1S/C11H24N2OS/c1-9(14)5-7-13(4)8-6-11(2,3)10(12)15/h9,14H,5-8H2,1-4H3,(H2,12,15). The van der Waals surface area contributed by atoms with Crippen LogP contribution in [0.1, 0.15) is 33.6 Å². The fraction of sp³-hybridized carbons (Fsp3) is 0.909. The molecular formula is C11H24N2OS. The number of aliphatic hydroxyl groups excluding tert-OH is 1. The summed E-state index contributed by atoms with van der Waals surface area (Å²) < 4.78 is 0. The van der Waals surface area contributed by atoms with Crippen LogP contribution in [0.4, 0.5) is 0 Å². The Hall–Kier alpha value is -0.190. The third-order valence-electron chi connectivity index (χ3n) is 2.71. The summed E-state index contributed by atoms with van der Waals surface area (Å²) in [4.78, 5) is 2.78. The smallest absolute Gasteiger partial charge is 0.0784 e. The predicted octanol–water partition coefficient (Wildman–Crippen LogP) is 1.39. The molecule has 0 saturated heterocycles. The minimum absolute atomic E-state index is 0.0750. The lowest BCUT2D eigenvalue weighted by molar-refractivity contribution is 0.161. The lowest BCUT2D eigenvalue weighted by Gasteiger charge is -2.26. The van der Waals surface area contributed by atoms with E-state index in [2.05, 4.69) is 25.8 Å². The predicted molar refractivity (Wildman–Crippen MR) is 69.0 cm³/mol. The molecule has 90 valence electrons. The van der Waals surface area contributed by atoms with Crippen molar-refractivity contribution >= 4 is 17.2 Å². The molecule has 0 aromatic carbocycles. The first-order valence-corrected chi connectivity index (χ1v) is 5.83. The molecule has 1 atom stereocenters. The molecule has 3 nitrogen and oxygen atoms in total. The van der Waals surface area contributed by atoms with E-state index in [1.165, 1.54) is 0 Å². The Bertz CT molecular complexity index is 205. The van der Waals surface area contributed by atoms with E-state index in [-0.39, 0.29) is 11.5 Å². The zero-order valence-electron chi connectivity index (χ0n) is 10.3. The van der Waals surface area contributed by atoms with Crippen LogP contribution in [0.3, 0.4) is 0 Å². The summed E-state index contributed by atoms with van der Waals surface area (Å²) in [7, 11) is 2.05. The van der Waals surface area contributed by atoms with Crippen LogP contribution in [0.15, 0.2) is 0 Å². The van der Waals surface area contributed by atoms with Crippen LogP contribution in [-0.4, -0.2) is 41.2 Å². The number of hydrogen-bond donors (Lipinski definition) is 2. The number of aliphatic hydroxyl groups is 1. The van der Waals surface area contributed by atoms with Gasteiger partial charge in [0.05, 0.1) is 11.1 Å². The van der Waals surface area contributed by atoms with E-state index in [4.69, 9.17) is 23.1 Å². The number of nitrogens with zero attached hydrogens (tertiary/aromatic N) is 1. The fourth-order valence-corrected chi connectivity index (χ4v) is 1.21. The van der Waals surface area contributed by atoms with Crippen LogP contribution in [0.2, 0.25) is 0 Å². The highest BCUT2D eigenvalue weighted by Gasteiger charge is 2.21. The van der Waals surface area contributed by atoms with Gasteiger partial charge < -0.3 is 15.7 Å². The van der Waals surface area contributed by atoms with Gasteiger partial charge in [0, 0.05) is 12.0 Å². The molecule has 0 saturated carbocycles. The third kappa shape index (κ3) is 6.82. The van der Waals surface area contributed by atoms with Gasteiger partial charge in [-0.2, -0.15) is 0 Å². The molecule has 0 aliphatic heterocycles. The molecule has 0 aromatic rings. The first-order chi connectivity index (χ1) is 6.75. The molecule has 1 unspecified atom stereocenters. The molecule has 4 heteroatoms. The van der Waals surface area contributed by atoms with Gasteiger partial charge in [0.1, 0.15) is 0 Å². The lowest BCUT2D eigenvalue weighted by atomic mass is 9.89. The normalized spacial score (nSPS) is 14.3. The van der Waals surface area contributed by atoms with Gasteiger partial charge in [0.2, 0.25) is 0 Å². The van der Waals surface area contributed by atoms with Gasteiger partial charge in [-0.1, -0.05) is 26.1 Å². The van der Waals surface area contributed by atoms with Gasteiger partial charge in [-0.15, -0.1) is 0 Å². The van der Waals surface area contributed by atoms with E-state index < -0.39 is 0 Å². The van der Waals surface area contributed by atoms with E-state index >= 15 is 0 Å². The second-order valence-electron chi connectivity index (χ2n) is 4.94. The van der Waals surface area contributed by atoms with Crippen LogP contribution in [-0.2, 0) is 0 Å². The maximum absolute atomic E-state index is 9.15. The molecule has 0 aliphatic rings. The molecule has 0 amide bonds. The quantitative estimate of drug-likeness (QED) is 0.651. The number of nitrogens with two attached hydrogens (primary N) is 1. The van der Waals surface area contributed by atoms with Crippen molar-refractivity contribution in [2.24, 2.45) is 11.1 Å². The molecule has 0 heterocycles. The monoisotopic (exact) mass is 232 g/mol. The van der Waals surface area contributed by atoms with Gasteiger partial charge in [-0.3, -0.25) is 0 Å². The van der Waals surface area contributed by atoms with Crippen molar-refractivity contribution in [1.82, 2.24) is 4.90 Å². The van der Waals surface area contributed by atoms with Crippen molar-refractivity contribution in [2.45, 2.75) is 39.7 Å². The number of thiocarbonyl (C=S) groups is 1. The second kappa shape index (κ2) is 6.40. The molecule has 0 fully saturated rings. The molecule has 0 rings (SSSR count). The Morgan fingerprint density at radius 3 is 2.40 bits per heavy atom. The van der Waals surface area contributed by atoms with Gasteiger partial charge in [-0.25, -0.2) is 0 Å². The van der Waals surface area contributed by atoms with Crippen molar-refractivity contribution in [2.75, 3.05) is 20.1 Å². The molecule has 15 heavy (non-hydrogen) atoms. The summed E-state index contributed by atoms with van der Waals surface area (Å²) in [6.07, 6.45) is 1.54. The zero-order chi connectivity index (χ0) is 12.1. The zero-order valence-corrected chi connectivity index (χ0v) is 11.1. The highest BCUT2D eigenvalue weighted by molar-refractivity contribution is 7.80.